The van der Waals surface area contributed by atoms with E-state index in [4.69, 9.17) is 5.73 Å². The SMILES string of the molecule is CCc1ccc(C(N)CC2CCC2)cc1. The first-order valence-electron chi connectivity index (χ1n) is 6.14. The maximum absolute atomic E-state index is 6.20. The smallest absolute Gasteiger partial charge is 0.0297 e. The van der Waals surface area contributed by atoms with E-state index in [1.807, 2.05) is 0 Å². The van der Waals surface area contributed by atoms with Gasteiger partial charge >= 0.3 is 0 Å². The molecule has 0 aromatic heterocycles. The van der Waals surface area contributed by atoms with Crippen LogP contribution in [0.3, 0.4) is 0 Å². The minimum Gasteiger partial charge on any atom is -0.324 e. The van der Waals surface area contributed by atoms with Gasteiger partial charge in [-0.2, -0.15) is 0 Å². The zero-order chi connectivity index (χ0) is 10.7. The molecule has 0 amide bonds. The van der Waals surface area contributed by atoms with Gasteiger partial charge in [0, 0.05) is 6.04 Å². The summed E-state index contributed by atoms with van der Waals surface area (Å²) < 4.78 is 0. The molecule has 1 heteroatoms. The van der Waals surface area contributed by atoms with Crippen molar-refractivity contribution >= 4 is 0 Å². The molecule has 15 heavy (non-hydrogen) atoms. The molecule has 2 rings (SSSR count). The highest BCUT2D eigenvalue weighted by Crippen LogP contribution is 2.33. The highest BCUT2D eigenvalue weighted by molar-refractivity contribution is 5.24. The Labute approximate surface area is 92.7 Å². The zero-order valence-electron chi connectivity index (χ0n) is 9.58. The number of aryl methyl sites for hydroxylation is 1. The Bertz CT molecular complexity index is 298. The van der Waals surface area contributed by atoms with E-state index >= 15 is 0 Å². The normalized spacial score (nSPS) is 18.5. The maximum atomic E-state index is 6.20. The van der Waals surface area contributed by atoms with Crippen LogP contribution in [0, 0.1) is 5.92 Å². The predicted octanol–water partition coefficient (Wildman–Crippen LogP) is 3.44. The predicted molar refractivity (Wildman–Crippen MR) is 64.7 cm³/mol. The van der Waals surface area contributed by atoms with E-state index in [1.165, 1.54) is 36.8 Å². The van der Waals surface area contributed by atoms with Gasteiger partial charge in [0.05, 0.1) is 0 Å². The third kappa shape index (κ3) is 2.60. The van der Waals surface area contributed by atoms with Gasteiger partial charge in [-0.15, -0.1) is 0 Å². The maximum Gasteiger partial charge on any atom is 0.0297 e. The lowest BCUT2D eigenvalue weighted by atomic mass is 9.80. The average molecular weight is 203 g/mol. The van der Waals surface area contributed by atoms with E-state index in [2.05, 4.69) is 31.2 Å². The van der Waals surface area contributed by atoms with Crippen LogP contribution in [0.5, 0.6) is 0 Å². The van der Waals surface area contributed by atoms with E-state index in [9.17, 15) is 0 Å². The van der Waals surface area contributed by atoms with E-state index in [0.29, 0.717) is 0 Å². The van der Waals surface area contributed by atoms with Gasteiger partial charge in [-0.1, -0.05) is 50.5 Å². The highest BCUT2D eigenvalue weighted by atomic mass is 14.6. The fourth-order valence-electron chi connectivity index (χ4n) is 2.22. The monoisotopic (exact) mass is 203 g/mol. The average Bonchev–Trinajstić information content (AvgIpc) is 2.23. The summed E-state index contributed by atoms with van der Waals surface area (Å²) in [5.74, 6) is 0.894. The van der Waals surface area contributed by atoms with Crippen molar-refractivity contribution in [3.8, 4) is 0 Å². The molecule has 0 radical (unpaired) electrons. The lowest BCUT2D eigenvalue weighted by Gasteiger charge is -2.28. The third-order valence-electron chi connectivity index (χ3n) is 3.63. The molecule has 1 nitrogen and oxygen atoms in total. The lowest BCUT2D eigenvalue weighted by Crippen LogP contribution is -2.20. The Balaban J connectivity index is 1.94. The van der Waals surface area contributed by atoms with E-state index in [1.54, 1.807) is 0 Å². The van der Waals surface area contributed by atoms with Crippen LogP contribution in [-0.4, -0.2) is 0 Å². The van der Waals surface area contributed by atoms with Gasteiger partial charge in [0.2, 0.25) is 0 Å². The van der Waals surface area contributed by atoms with Crippen LogP contribution >= 0.6 is 0 Å². The van der Waals surface area contributed by atoms with Gasteiger partial charge < -0.3 is 5.73 Å². The third-order valence-corrected chi connectivity index (χ3v) is 3.63. The molecular weight excluding hydrogens is 182 g/mol. The second kappa shape index (κ2) is 4.80. The fourth-order valence-corrected chi connectivity index (χ4v) is 2.22. The van der Waals surface area contributed by atoms with Crippen molar-refractivity contribution in [2.24, 2.45) is 11.7 Å². The topological polar surface area (TPSA) is 26.0 Å². The van der Waals surface area contributed by atoms with Gasteiger partial charge in [-0.3, -0.25) is 0 Å². The van der Waals surface area contributed by atoms with Crippen molar-refractivity contribution in [1.29, 1.82) is 0 Å². The van der Waals surface area contributed by atoms with E-state index < -0.39 is 0 Å². The quantitative estimate of drug-likeness (QED) is 0.797. The van der Waals surface area contributed by atoms with Crippen molar-refractivity contribution < 1.29 is 0 Å². The van der Waals surface area contributed by atoms with E-state index in [0.717, 1.165) is 12.3 Å². The summed E-state index contributed by atoms with van der Waals surface area (Å²) in [5, 5.41) is 0. The summed E-state index contributed by atoms with van der Waals surface area (Å²) >= 11 is 0. The van der Waals surface area contributed by atoms with Crippen LogP contribution in [0.4, 0.5) is 0 Å². The van der Waals surface area contributed by atoms with Gasteiger partial charge in [0.25, 0.3) is 0 Å². The Hall–Kier alpha value is -0.820. The van der Waals surface area contributed by atoms with E-state index in [-0.39, 0.29) is 6.04 Å². The molecular formula is C14H21N. The van der Waals surface area contributed by atoms with Crippen LogP contribution < -0.4 is 5.73 Å². The van der Waals surface area contributed by atoms with Crippen LogP contribution in [-0.2, 0) is 6.42 Å². The van der Waals surface area contributed by atoms with Crippen molar-refractivity contribution in [3.63, 3.8) is 0 Å². The first kappa shape index (κ1) is 10.7. The van der Waals surface area contributed by atoms with Crippen molar-refractivity contribution in [2.45, 2.75) is 45.1 Å². The number of hydrogen-bond acceptors (Lipinski definition) is 1. The molecule has 0 spiro atoms. The second-order valence-electron chi connectivity index (χ2n) is 4.73. The molecule has 1 saturated carbocycles. The highest BCUT2D eigenvalue weighted by Gasteiger charge is 2.20. The molecule has 1 aliphatic rings. The van der Waals surface area contributed by atoms with Gasteiger partial charge in [-0.05, 0) is 29.9 Å². The standard InChI is InChI=1S/C14H21N/c1-2-11-6-8-13(9-7-11)14(15)10-12-4-3-5-12/h6-9,12,14H,2-5,10,15H2,1H3. The molecule has 1 unspecified atom stereocenters. The first-order valence-corrected chi connectivity index (χ1v) is 6.14. The van der Waals surface area contributed by atoms with Gasteiger partial charge in [-0.25, -0.2) is 0 Å². The Morgan fingerprint density at radius 3 is 2.40 bits per heavy atom. The summed E-state index contributed by atoms with van der Waals surface area (Å²) in [6, 6.07) is 9.05. The molecule has 82 valence electrons. The Morgan fingerprint density at radius 1 is 1.27 bits per heavy atom. The summed E-state index contributed by atoms with van der Waals surface area (Å²) in [6.07, 6.45) is 6.47. The van der Waals surface area contributed by atoms with Crippen LogP contribution in [0.2, 0.25) is 0 Å². The summed E-state index contributed by atoms with van der Waals surface area (Å²) in [5.41, 5.74) is 8.90. The van der Waals surface area contributed by atoms with Crippen LogP contribution in [0.25, 0.3) is 0 Å². The second-order valence-corrected chi connectivity index (χ2v) is 4.73. The summed E-state index contributed by atoms with van der Waals surface area (Å²) in [7, 11) is 0. The number of benzene rings is 1. The molecule has 1 aromatic carbocycles. The minimum atomic E-state index is 0.251. The zero-order valence-corrected chi connectivity index (χ0v) is 9.58. The molecule has 0 saturated heterocycles. The van der Waals surface area contributed by atoms with Crippen molar-refractivity contribution in [2.75, 3.05) is 0 Å². The fraction of sp³-hybridized carbons (Fsp3) is 0.571. The molecule has 1 atom stereocenters. The minimum absolute atomic E-state index is 0.251. The molecule has 0 bridgehead atoms. The molecule has 1 fully saturated rings. The largest absolute Gasteiger partial charge is 0.324 e. The Morgan fingerprint density at radius 2 is 1.93 bits per heavy atom. The molecule has 1 aliphatic carbocycles. The molecule has 1 aromatic rings. The summed E-state index contributed by atoms with van der Waals surface area (Å²) in [4.78, 5) is 0. The van der Waals surface area contributed by atoms with Crippen LogP contribution in [0.1, 0.15) is 49.8 Å². The number of hydrogen-bond donors (Lipinski definition) is 1. The van der Waals surface area contributed by atoms with Crippen LogP contribution in [0.15, 0.2) is 24.3 Å². The Kier molecular flexibility index (Phi) is 3.42. The van der Waals surface area contributed by atoms with Gasteiger partial charge in [0.1, 0.15) is 0 Å². The van der Waals surface area contributed by atoms with Gasteiger partial charge in [0.15, 0.2) is 0 Å². The van der Waals surface area contributed by atoms with Crippen molar-refractivity contribution in [1.82, 2.24) is 0 Å². The number of rotatable bonds is 4. The molecule has 0 aliphatic heterocycles. The van der Waals surface area contributed by atoms with Crippen molar-refractivity contribution in [3.05, 3.63) is 35.4 Å². The molecule has 2 N–H and O–H groups in total. The first-order chi connectivity index (χ1) is 7.29. The number of nitrogens with two attached hydrogens (primary N) is 1. The lowest BCUT2D eigenvalue weighted by molar-refractivity contribution is 0.277. The molecule has 0 heterocycles. The summed E-state index contributed by atoms with van der Waals surface area (Å²) in [6.45, 7) is 2.18.